The molecule has 0 aliphatic carbocycles. The second kappa shape index (κ2) is 7.16. The van der Waals surface area contributed by atoms with Crippen LogP contribution in [0.3, 0.4) is 0 Å². The van der Waals surface area contributed by atoms with Crippen LogP contribution < -0.4 is 0 Å². The third kappa shape index (κ3) is 4.01. The summed E-state index contributed by atoms with van der Waals surface area (Å²) >= 11 is 0. The van der Waals surface area contributed by atoms with Gasteiger partial charge in [-0.1, -0.05) is 67.4 Å². The van der Waals surface area contributed by atoms with Crippen molar-refractivity contribution in [2.24, 2.45) is 0 Å². The maximum absolute atomic E-state index is 14.2. The van der Waals surface area contributed by atoms with E-state index in [1.54, 1.807) is 36.4 Å². The molecule has 0 spiro atoms. The number of benzene rings is 2. The van der Waals surface area contributed by atoms with E-state index < -0.39 is 11.7 Å². The highest BCUT2D eigenvalue weighted by atomic mass is 19.2. The Labute approximate surface area is 125 Å². The van der Waals surface area contributed by atoms with Crippen molar-refractivity contribution < 1.29 is 8.78 Å². The molecule has 0 atom stereocenters. The average Bonchev–Trinajstić information content (AvgIpc) is 2.53. The molecule has 2 heteroatoms. The van der Waals surface area contributed by atoms with Crippen LogP contribution in [-0.4, -0.2) is 0 Å². The van der Waals surface area contributed by atoms with Gasteiger partial charge in [-0.05, 0) is 25.3 Å². The fraction of sp³-hybridized carbons (Fsp3) is 0.263. The van der Waals surface area contributed by atoms with Crippen LogP contribution in [0.1, 0.15) is 42.0 Å². The maximum atomic E-state index is 14.2. The molecular formula is C19H20F2. The summed E-state index contributed by atoms with van der Waals surface area (Å²) in [5.74, 6) is -1.61. The van der Waals surface area contributed by atoms with E-state index in [0.29, 0.717) is 0 Å². The molecule has 2 aromatic rings. The first kappa shape index (κ1) is 15.4. The standard InChI is InChI=1S/C19H20F2/c1-3-4-5-15-8-12-17(13-9-15)19(21)18(20)16-10-6-14(2)7-11-16/h6-13H,3-5H2,1-2H3/b19-18+. The summed E-state index contributed by atoms with van der Waals surface area (Å²) in [5.41, 5.74) is 2.73. The highest BCUT2D eigenvalue weighted by molar-refractivity contribution is 5.83. The highest BCUT2D eigenvalue weighted by Gasteiger charge is 2.11. The van der Waals surface area contributed by atoms with Gasteiger partial charge < -0.3 is 0 Å². The van der Waals surface area contributed by atoms with E-state index in [1.807, 2.05) is 19.1 Å². The molecular weight excluding hydrogens is 266 g/mol. The van der Waals surface area contributed by atoms with Crippen LogP contribution in [0.4, 0.5) is 8.78 Å². The van der Waals surface area contributed by atoms with Gasteiger partial charge in [-0.15, -0.1) is 0 Å². The SMILES string of the molecule is CCCCc1ccc(/C(F)=C(\F)c2ccc(C)cc2)cc1. The lowest BCUT2D eigenvalue weighted by atomic mass is 10.0. The molecule has 0 aliphatic rings. The van der Waals surface area contributed by atoms with Crippen molar-refractivity contribution in [2.75, 3.05) is 0 Å². The van der Waals surface area contributed by atoms with E-state index >= 15 is 0 Å². The summed E-state index contributed by atoms with van der Waals surface area (Å²) in [7, 11) is 0. The lowest BCUT2D eigenvalue weighted by Crippen LogP contribution is -1.88. The summed E-state index contributed by atoms with van der Waals surface area (Å²) in [4.78, 5) is 0. The third-order valence-corrected chi connectivity index (χ3v) is 3.52. The number of unbranched alkanes of at least 4 members (excludes halogenated alkanes) is 1. The predicted molar refractivity (Wildman–Crippen MR) is 85.3 cm³/mol. The number of hydrogen-bond acceptors (Lipinski definition) is 0. The lowest BCUT2D eigenvalue weighted by molar-refractivity contribution is 0.700. The third-order valence-electron chi connectivity index (χ3n) is 3.52. The van der Waals surface area contributed by atoms with Gasteiger partial charge in [0.2, 0.25) is 0 Å². The molecule has 2 rings (SSSR count). The van der Waals surface area contributed by atoms with Gasteiger partial charge in [0.05, 0.1) is 0 Å². The Bertz CT molecular complexity index is 607. The first-order valence-electron chi connectivity index (χ1n) is 7.33. The van der Waals surface area contributed by atoms with Crippen LogP contribution >= 0.6 is 0 Å². The minimum absolute atomic E-state index is 0.271. The van der Waals surface area contributed by atoms with Crippen LogP contribution in [0.2, 0.25) is 0 Å². The van der Waals surface area contributed by atoms with Crippen LogP contribution in [0, 0.1) is 6.92 Å². The van der Waals surface area contributed by atoms with Crippen LogP contribution in [0.5, 0.6) is 0 Å². The molecule has 2 aromatic carbocycles. The number of hydrogen-bond donors (Lipinski definition) is 0. The van der Waals surface area contributed by atoms with E-state index in [-0.39, 0.29) is 11.1 Å². The smallest absolute Gasteiger partial charge is 0.166 e. The van der Waals surface area contributed by atoms with Crippen molar-refractivity contribution in [1.82, 2.24) is 0 Å². The molecule has 21 heavy (non-hydrogen) atoms. The second-order valence-corrected chi connectivity index (χ2v) is 5.29. The topological polar surface area (TPSA) is 0 Å². The molecule has 0 aliphatic heterocycles. The van der Waals surface area contributed by atoms with Crippen LogP contribution in [0.25, 0.3) is 11.7 Å². The van der Waals surface area contributed by atoms with Gasteiger partial charge in [-0.25, -0.2) is 8.78 Å². The molecule has 0 saturated heterocycles. The zero-order valence-electron chi connectivity index (χ0n) is 12.5. The molecule has 0 heterocycles. The Morgan fingerprint density at radius 3 is 1.76 bits per heavy atom. The molecule has 0 bridgehead atoms. The van der Waals surface area contributed by atoms with Gasteiger partial charge in [-0.3, -0.25) is 0 Å². The van der Waals surface area contributed by atoms with Gasteiger partial charge in [0.25, 0.3) is 0 Å². The number of halogens is 2. The fourth-order valence-corrected chi connectivity index (χ4v) is 2.15. The summed E-state index contributed by atoms with van der Waals surface area (Å²) in [5, 5.41) is 0. The average molecular weight is 286 g/mol. The van der Waals surface area contributed by atoms with Crippen molar-refractivity contribution >= 4 is 11.7 Å². The normalized spacial score (nSPS) is 12.2. The summed E-state index contributed by atoms with van der Waals surface area (Å²) in [6.07, 6.45) is 3.20. The molecule has 0 radical (unpaired) electrons. The van der Waals surface area contributed by atoms with E-state index in [0.717, 1.165) is 30.4 Å². The van der Waals surface area contributed by atoms with E-state index in [9.17, 15) is 8.78 Å². The van der Waals surface area contributed by atoms with Gasteiger partial charge in [0.1, 0.15) is 0 Å². The van der Waals surface area contributed by atoms with Crippen molar-refractivity contribution in [3.05, 3.63) is 70.8 Å². The molecule has 0 N–H and O–H groups in total. The Morgan fingerprint density at radius 1 is 0.810 bits per heavy atom. The van der Waals surface area contributed by atoms with Gasteiger partial charge in [0.15, 0.2) is 11.7 Å². The van der Waals surface area contributed by atoms with Crippen molar-refractivity contribution in [3.8, 4) is 0 Å². The Hall–Kier alpha value is -1.96. The quantitative estimate of drug-likeness (QED) is 0.582. The largest absolute Gasteiger partial charge is 0.203 e. The fourth-order valence-electron chi connectivity index (χ4n) is 2.15. The molecule has 0 fully saturated rings. The first-order valence-corrected chi connectivity index (χ1v) is 7.33. The van der Waals surface area contributed by atoms with E-state index in [4.69, 9.17) is 0 Å². The van der Waals surface area contributed by atoms with Crippen LogP contribution in [0.15, 0.2) is 48.5 Å². The predicted octanol–water partition coefficient (Wildman–Crippen LogP) is 6.10. The molecule has 0 aromatic heterocycles. The Kier molecular flexibility index (Phi) is 5.26. The van der Waals surface area contributed by atoms with Gasteiger partial charge in [0, 0.05) is 11.1 Å². The monoisotopic (exact) mass is 286 g/mol. The van der Waals surface area contributed by atoms with E-state index in [2.05, 4.69) is 6.92 Å². The number of rotatable bonds is 5. The lowest BCUT2D eigenvalue weighted by Gasteiger charge is -2.05. The minimum Gasteiger partial charge on any atom is -0.203 e. The van der Waals surface area contributed by atoms with Gasteiger partial charge in [-0.2, -0.15) is 0 Å². The van der Waals surface area contributed by atoms with Crippen LogP contribution in [-0.2, 0) is 6.42 Å². The zero-order valence-corrected chi connectivity index (χ0v) is 12.5. The second-order valence-electron chi connectivity index (χ2n) is 5.29. The Balaban J connectivity index is 2.23. The first-order chi connectivity index (χ1) is 10.1. The molecule has 0 saturated carbocycles. The van der Waals surface area contributed by atoms with Crippen molar-refractivity contribution in [3.63, 3.8) is 0 Å². The highest BCUT2D eigenvalue weighted by Crippen LogP contribution is 2.29. The zero-order chi connectivity index (χ0) is 15.2. The summed E-state index contributed by atoms with van der Waals surface area (Å²) in [6, 6.07) is 13.8. The maximum Gasteiger partial charge on any atom is 0.166 e. The molecule has 0 nitrogen and oxygen atoms in total. The summed E-state index contributed by atoms with van der Waals surface area (Å²) in [6.45, 7) is 4.05. The van der Waals surface area contributed by atoms with Crippen molar-refractivity contribution in [2.45, 2.75) is 33.1 Å². The van der Waals surface area contributed by atoms with Crippen molar-refractivity contribution in [1.29, 1.82) is 0 Å². The van der Waals surface area contributed by atoms with Gasteiger partial charge >= 0.3 is 0 Å². The minimum atomic E-state index is -0.809. The molecule has 110 valence electrons. The Morgan fingerprint density at radius 2 is 1.29 bits per heavy atom. The molecule has 0 unspecified atom stereocenters. The summed E-state index contributed by atoms with van der Waals surface area (Å²) < 4.78 is 28.4. The molecule has 0 amide bonds. The van der Waals surface area contributed by atoms with E-state index in [1.165, 1.54) is 0 Å². The number of aryl methyl sites for hydroxylation is 2.